The third-order valence-electron chi connectivity index (χ3n) is 3.65. The van der Waals surface area contributed by atoms with Crippen LogP contribution in [0.4, 0.5) is 0 Å². The summed E-state index contributed by atoms with van der Waals surface area (Å²) in [6, 6.07) is 6.77. The molecule has 0 radical (unpaired) electrons. The normalized spacial score (nSPS) is 12.2. The number of nitrogens with one attached hydrogen (secondary N) is 3. The molecule has 0 saturated carbocycles. The van der Waals surface area contributed by atoms with Gasteiger partial charge in [0.05, 0.1) is 16.4 Å². The Morgan fingerprint density at radius 1 is 1.15 bits per heavy atom. The Balaban J connectivity index is 1.80. The number of thiazole rings is 1. The van der Waals surface area contributed by atoms with Crippen LogP contribution < -0.4 is 15.4 Å². The SMILES string of the molecule is CCNC(=NCCNS(=O)(=O)c1ccc(C)cc1)NCCc1ncc(C)s1. The molecule has 0 fully saturated rings. The summed E-state index contributed by atoms with van der Waals surface area (Å²) in [5, 5.41) is 7.48. The van der Waals surface area contributed by atoms with Gasteiger partial charge in [-0.3, -0.25) is 4.99 Å². The molecule has 0 spiro atoms. The summed E-state index contributed by atoms with van der Waals surface area (Å²) in [5.74, 6) is 0.667. The molecule has 3 N–H and O–H groups in total. The van der Waals surface area contributed by atoms with Gasteiger partial charge in [-0.05, 0) is 32.9 Å². The Hall–Kier alpha value is -1.97. The van der Waals surface area contributed by atoms with Crippen molar-refractivity contribution in [1.29, 1.82) is 0 Å². The van der Waals surface area contributed by atoms with Gasteiger partial charge in [-0.2, -0.15) is 0 Å². The van der Waals surface area contributed by atoms with Crippen molar-refractivity contribution < 1.29 is 8.42 Å². The third kappa shape index (κ3) is 7.28. The maximum Gasteiger partial charge on any atom is 0.240 e. The molecule has 2 aromatic rings. The minimum absolute atomic E-state index is 0.235. The summed E-state index contributed by atoms with van der Waals surface area (Å²) >= 11 is 1.69. The second-order valence-corrected chi connectivity index (χ2v) is 9.10. The standard InChI is InChI=1S/C18H27N5O2S2/c1-4-19-18(20-10-9-17-22-13-15(3)26-17)21-11-12-23-27(24,25)16-7-5-14(2)6-8-16/h5-8,13,23H,4,9-12H2,1-3H3,(H2,19,20,21). The fraction of sp³-hybridized carbons (Fsp3) is 0.444. The van der Waals surface area contributed by atoms with Crippen molar-refractivity contribution in [3.05, 3.63) is 45.9 Å². The number of hydrogen-bond donors (Lipinski definition) is 3. The number of rotatable bonds is 9. The third-order valence-corrected chi connectivity index (χ3v) is 6.10. The van der Waals surface area contributed by atoms with Crippen LogP contribution in [0.15, 0.2) is 40.4 Å². The number of aromatic nitrogens is 1. The van der Waals surface area contributed by atoms with Gasteiger partial charge >= 0.3 is 0 Å². The minimum atomic E-state index is -3.50. The molecule has 7 nitrogen and oxygen atoms in total. The van der Waals surface area contributed by atoms with Gasteiger partial charge in [0.15, 0.2) is 5.96 Å². The minimum Gasteiger partial charge on any atom is -0.357 e. The van der Waals surface area contributed by atoms with Crippen LogP contribution in [0.5, 0.6) is 0 Å². The van der Waals surface area contributed by atoms with Gasteiger partial charge in [0.25, 0.3) is 0 Å². The van der Waals surface area contributed by atoms with E-state index in [1.807, 2.05) is 27.0 Å². The van der Waals surface area contributed by atoms with E-state index in [1.54, 1.807) is 35.6 Å². The summed E-state index contributed by atoms with van der Waals surface area (Å²) < 4.78 is 27.1. The number of sulfonamides is 1. The molecule has 0 amide bonds. The Kier molecular flexibility index (Phi) is 8.21. The van der Waals surface area contributed by atoms with Crippen LogP contribution in [-0.4, -0.2) is 45.5 Å². The highest BCUT2D eigenvalue weighted by Gasteiger charge is 2.12. The lowest BCUT2D eigenvalue weighted by atomic mass is 10.2. The van der Waals surface area contributed by atoms with Gasteiger partial charge < -0.3 is 10.6 Å². The smallest absolute Gasteiger partial charge is 0.240 e. The van der Waals surface area contributed by atoms with Crippen LogP contribution in [0.1, 0.15) is 22.4 Å². The van der Waals surface area contributed by atoms with E-state index in [9.17, 15) is 8.42 Å². The highest BCUT2D eigenvalue weighted by atomic mass is 32.2. The average Bonchev–Trinajstić information content (AvgIpc) is 3.04. The Morgan fingerprint density at radius 3 is 2.52 bits per heavy atom. The molecule has 0 aliphatic heterocycles. The zero-order valence-corrected chi connectivity index (χ0v) is 17.6. The van der Waals surface area contributed by atoms with Gasteiger partial charge in [0.1, 0.15) is 0 Å². The highest BCUT2D eigenvalue weighted by molar-refractivity contribution is 7.89. The van der Waals surface area contributed by atoms with E-state index in [2.05, 4.69) is 25.3 Å². The summed E-state index contributed by atoms with van der Waals surface area (Å²) in [7, 11) is -3.50. The second-order valence-electron chi connectivity index (χ2n) is 6.01. The van der Waals surface area contributed by atoms with E-state index in [1.165, 1.54) is 4.88 Å². The van der Waals surface area contributed by atoms with Crippen molar-refractivity contribution in [1.82, 2.24) is 20.3 Å². The zero-order valence-electron chi connectivity index (χ0n) is 15.9. The lowest BCUT2D eigenvalue weighted by molar-refractivity contribution is 0.582. The average molecular weight is 410 g/mol. The first-order valence-corrected chi connectivity index (χ1v) is 11.2. The van der Waals surface area contributed by atoms with E-state index in [4.69, 9.17) is 0 Å². The van der Waals surface area contributed by atoms with Crippen LogP contribution in [0.25, 0.3) is 0 Å². The molecule has 1 heterocycles. The highest BCUT2D eigenvalue weighted by Crippen LogP contribution is 2.11. The quantitative estimate of drug-likeness (QED) is 0.334. The molecule has 0 atom stereocenters. The number of benzene rings is 1. The van der Waals surface area contributed by atoms with Crippen molar-refractivity contribution in [3.8, 4) is 0 Å². The molecule has 0 aliphatic rings. The van der Waals surface area contributed by atoms with Gasteiger partial charge in [0.2, 0.25) is 10.0 Å². The molecule has 148 valence electrons. The van der Waals surface area contributed by atoms with E-state index in [0.717, 1.165) is 23.5 Å². The van der Waals surface area contributed by atoms with Crippen molar-refractivity contribution in [2.24, 2.45) is 4.99 Å². The van der Waals surface area contributed by atoms with Crippen LogP contribution in [-0.2, 0) is 16.4 Å². The summed E-state index contributed by atoms with van der Waals surface area (Å²) in [6.45, 7) is 7.98. The molecule has 0 unspecified atom stereocenters. The summed E-state index contributed by atoms with van der Waals surface area (Å²) in [6.07, 6.45) is 2.70. The first-order chi connectivity index (χ1) is 12.9. The number of nitrogens with zero attached hydrogens (tertiary/aromatic N) is 2. The Morgan fingerprint density at radius 2 is 1.89 bits per heavy atom. The lowest BCUT2D eigenvalue weighted by Crippen LogP contribution is -2.39. The van der Waals surface area contributed by atoms with Crippen LogP contribution in [0, 0.1) is 13.8 Å². The monoisotopic (exact) mass is 409 g/mol. The van der Waals surface area contributed by atoms with Crippen molar-refractivity contribution >= 4 is 27.3 Å². The van der Waals surface area contributed by atoms with E-state index >= 15 is 0 Å². The maximum absolute atomic E-state index is 12.2. The van der Waals surface area contributed by atoms with Gasteiger partial charge in [-0.1, -0.05) is 17.7 Å². The number of hydrogen-bond acceptors (Lipinski definition) is 5. The first-order valence-electron chi connectivity index (χ1n) is 8.90. The van der Waals surface area contributed by atoms with Crippen LogP contribution >= 0.6 is 11.3 Å². The predicted octanol–water partition coefficient (Wildman–Crippen LogP) is 1.84. The molecule has 2 rings (SSSR count). The van der Waals surface area contributed by atoms with Crippen LogP contribution in [0.3, 0.4) is 0 Å². The number of aryl methyl sites for hydroxylation is 2. The first kappa shape index (κ1) is 21.3. The lowest BCUT2D eigenvalue weighted by Gasteiger charge is -2.11. The molecule has 27 heavy (non-hydrogen) atoms. The molecule has 9 heteroatoms. The second kappa shape index (κ2) is 10.4. The predicted molar refractivity (Wildman–Crippen MR) is 111 cm³/mol. The van der Waals surface area contributed by atoms with Crippen molar-refractivity contribution in [3.63, 3.8) is 0 Å². The Labute approximate surface area is 165 Å². The fourth-order valence-electron chi connectivity index (χ4n) is 2.30. The van der Waals surface area contributed by atoms with Crippen molar-refractivity contribution in [2.45, 2.75) is 32.1 Å². The van der Waals surface area contributed by atoms with Gasteiger partial charge in [-0.15, -0.1) is 11.3 Å². The Bertz CT molecular complexity index is 845. The van der Waals surface area contributed by atoms with Gasteiger partial charge in [-0.25, -0.2) is 18.1 Å². The summed E-state index contributed by atoms with van der Waals surface area (Å²) in [4.78, 5) is 10.2. The maximum atomic E-state index is 12.2. The number of guanidine groups is 1. The zero-order chi connectivity index (χ0) is 19.7. The van der Waals surface area contributed by atoms with E-state index in [-0.39, 0.29) is 11.4 Å². The molecular weight excluding hydrogens is 382 g/mol. The van der Waals surface area contributed by atoms with E-state index < -0.39 is 10.0 Å². The molecule has 0 aliphatic carbocycles. The fourth-order valence-corrected chi connectivity index (χ4v) is 4.10. The topological polar surface area (TPSA) is 95.5 Å². The molecule has 0 saturated heterocycles. The van der Waals surface area contributed by atoms with Crippen molar-refractivity contribution in [2.75, 3.05) is 26.2 Å². The molecule has 1 aromatic carbocycles. The largest absolute Gasteiger partial charge is 0.357 e. The molecular formula is C18H27N5O2S2. The summed E-state index contributed by atoms with van der Waals surface area (Å²) in [5.41, 5.74) is 1.02. The molecule has 1 aromatic heterocycles. The van der Waals surface area contributed by atoms with E-state index in [0.29, 0.717) is 19.0 Å². The van der Waals surface area contributed by atoms with Crippen LogP contribution in [0.2, 0.25) is 0 Å². The number of aliphatic imine (C=N–C) groups is 1. The van der Waals surface area contributed by atoms with Gasteiger partial charge in [0, 0.05) is 37.1 Å². The molecule has 0 bridgehead atoms.